The molecule has 2 rings (SSSR count). The number of hydrogen-bond acceptors (Lipinski definition) is 3. The Morgan fingerprint density at radius 3 is 2.83 bits per heavy atom. The summed E-state index contributed by atoms with van der Waals surface area (Å²) in [7, 11) is 1.67. The lowest BCUT2D eigenvalue weighted by Crippen LogP contribution is -2.42. The SMILES string of the molecule is COc1cc(C)c(Cl)cc1C(N)C1CCCCN1. The molecular weight excluding hydrogens is 248 g/mol. The van der Waals surface area contributed by atoms with Gasteiger partial charge in [-0.05, 0) is 44.0 Å². The topological polar surface area (TPSA) is 47.3 Å². The standard InChI is InChI=1S/C14H21ClN2O/c1-9-7-13(18-2)10(8-11(9)15)14(16)12-5-3-4-6-17-12/h7-8,12,14,17H,3-6,16H2,1-2H3. The van der Waals surface area contributed by atoms with Crippen molar-refractivity contribution in [1.82, 2.24) is 5.32 Å². The molecule has 2 unspecified atom stereocenters. The van der Waals surface area contributed by atoms with Crippen molar-refractivity contribution >= 4 is 11.6 Å². The molecule has 3 N–H and O–H groups in total. The summed E-state index contributed by atoms with van der Waals surface area (Å²) in [5, 5.41) is 4.23. The molecule has 2 atom stereocenters. The van der Waals surface area contributed by atoms with Crippen LogP contribution in [0.1, 0.15) is 36.4 Å². The average molecular weight is 269 g/mol. The smallest absolute Gasteiger partial charge is 0.124 e. The Balaban J connectivity index is 2.27. The van der Waals surface area contributed by atoms with E-state index >= 15 is 0 Å². The Morgan fingerprint density at radius 1 is 1.44 bits per heavy atom. The zero-order valence-corrected chi connectivity index (χ0v) is 11.8. The zero-order chi connectivity index (χ0) is 13.1. The van der Waals surface area contributed by atoms with Crippen LogP contribution in [0, 0.1) is 6.92 Å². The summed E-state index contributed by atoms with van der Waals surface area (Å²) in [4.78, 5) is 0. The minimum atomic E-state index is -0.0710. The quantitative estimate of drug-likeness (QED) is 0.886. The predicted molar refractivity (Wildman–Crippen MR) is 75.3 cm³/mol. The molecular formula is C14H21ClN2O. The van der Waals surface area contributed by atoms with E-state index in [-0.39, 0.29) is 6.04 Å². The molecule has 0 aliphatic carbocycles. The van der Waals surface area contributed by atoms with Gasteiger partial charge in [0.1, 0.15) is 5.75 Å². The van der Waals surface area contributed by atoms with Gasteiger partial charge in [-0.3, -0.25) is 0 Å². The first-order valence-electron chi connectivity index (χ1n) is 6.46. The molecule has 0 bridgehead atoms. The van der Waals surface area contributed by atoms with E-state index in [9.17, 15) is 0 Å². The van der Waals surface area contributed by atoms with Crippen molar-refractivity contribution in [3.05, 3.63) is 28.3 Å². The van der Waals surface area contributed by atoms with Gasteiger partial charge >= 0.3 is 0 Å². The molecule has 0 saturated carbocycles. The summed E-state index contributed by atoms with van der Waals surface area (Å²) in [5.74, 6) is 0.830. The highest BCUT2D eigenvalue weighted by Gasteiger charge is 2.24. The van der Waals surface area contributed by atoms with E-state index in [1.807, 2.05) is 19.1 Å². The van der Waals surface area contributed by atoms with Crippen molar-refractivity contribution in [1.29, 1.82) is 0 Å². The third kappa shape index (κ3) is 2.79. The number of nitrogens with one attached hydrogen (secondary N) is 1. The molecule has 1 aromatic carbocycles. The second-order valence-corrected chi connectivity index (χ2v) is 5.33. The number of aryl methyl sites for hydroxylation is 1. The maximum atomic E-state index is 6.36. The number of halogens is 1. The van der Waals surface area contributed by atoms with E-state index in [0.717, 1.165) is 34.9 Å². The van der Waals surface area contributed by atoms with Crippen LogP contribution in [0.15, 0.2) is 12.1 Å². The summed E-state index contributed by atoms with van der Waals surface area (Å²) in [6.45, 7) is 3.01. The van der Waals surface area contributed by atoms with Gasteiger partial charge in [-0.1, -0.05) is 18.0 Å². The molecule has 3 nitrogen and oxygen atoms in total. The van der Waals surface area contributed by atoms with Gasteiger partial charge in [-0.25, -0.2) is 0 Å². The molecule has 1 heterocycles. The number of nitrogens with two attached hydrogens (primary N) is 1. The Hall–Kier alpha value is -0.770. The van der Waals surface area contributed by atoms with Crippen molar-refractivity contribution in [3.63, 3.8) is 0 Å². The molecule has 0 radical (unpaired) electrons. The predicted octanol–water partition coefficient (Wildman–Crippen LogP) is 2.80. The zero-order valence-electron chi connectivity index (χ0n) is 11.0. The number of piperidine rings is 1. The molecule has 1 saturated heterocycles. The van der Waals surface area contributed by atoms with Gasteiger partial charge in [0.2, 0.25) is 0 Å². The largest absolute Gasteiger partial charge is 0.496 e. The number of hydrogen-bond donors (Lipinski definition) is 2. The minimum absolute atomic E-state index is 0.0710. The number of ether oxygens (including phenoxy) is 1. The first-order chi connectivity index (χ1) is 8.63. The highest BCUT2D eigenvalue weighted by atomic mass is 35.5. The van der Waals surface area contributed by atoms with Crippen LogP contribution in [-0.2, 0) is 0 Å². The maximum Gasteiger partial charge on any atom is 0.124 e. The fraction of sp³-hybridized carbons (Fsp3) is 0.571. The van der Waals surface area contributed by atoms with E-state index in [1.165, 1.54) is 12.8 Å². The lowest BCUT2D eigenvalue weighted by molar-refractivity contribution is 0.342. The van der Waals surface area contributed by atoms with Crippen molar-refractivity contribution in [3.8, 4) is 5.75 Å². The van der Waals surface area contributed by atoms with Crippen molar-refractivity contribution in [2.75, 3.05) is 13.7 Å². The van der Waals surface area contributed by atoms with Gasteiger partial charge in [-0.15, -0.1) is 0 Å². The Kier molecular flexibility index (Phi) is 4.49. The summed E-state index contributed by atoms with van der Waals surface area (Å²) in [5.41, 5.74) is 8.37. The molecule has 0 aromatic heterocycles. The van der Waals surface area contributed by atoms with Gasteiger partial charge in [0.15, 0.2) is 0 Å². The fourth-order valence-electron chi connectivity index (χ4n) is 2.51. The number of rotatable bonds is 3. The summed E-state index contributed by atoms with van der Waals surface area (Å²) >= 11 is 6.19. The molecule has 0 amide bonds. The van der Waals surface area contributed by atoms with Crippen molar-refractivity contribution < 1.29 is 4.74 Å². The van der Waals surface area contributed by atoms with Crippen LogP contribution in [0.25, 0.3) is 0 Å². The van der Waals surface area contributed by atoms with E-state index < -0.39 is 0 Å². The average Bonchev–Trinajstić information content (AvgIpc) is 2.41. The molecule has 1 aliphatic heterocycles. The van der Waals surface area contributed by atoms with E-state index in [0.29, 0.717) is 6.04 Å². The van der Waals surface area contributed by atoms with Crippen LogP contribution >= 0.6 is 11.6 Å². The molecule has 100 valence electrons. The van der Waals surface area contributed by atoms with Gasteiger partial charge in [0.05, 0.1) is 7.11 Å². The molecule has 1 fully saturated rings. The molecule has 4 heteroatoms. The number of benzene rings is 1. The molecule has 1 aromatic rings. The van der Waals surface area contributed by atoms with Crippen molar-refractivity contribution in [2.24, 2.45) is 5.73 Å². The van der Waals surface area contributed by atoms with Crippen LogP contribution < -0.4 is 15.8 Å². The highest BCUT2D eigenvalue weighted by Crippen LogP contribution is 2.32. The molecule has 0 spiro atoms. The number of methoxy groups -OCH3 is 1. The normalized spacial score (nSPS) is 21.7. The monoisotopic (exact) mass is 268 g/mol. The Morgan fingerprint density at radius 2 is 2.22 bits per heavy atom. The van der Waals surface area contributed by atoms with Gasteiger partial charge < -0.3 is 15.8 Å². The first-order valence-corrected chi connectivity index (χ1v) is 6.84. The third-order valence-corrected chi connectivity index (χ3v) is 4.06. The molecule has 18 heavy (non-hydrogen) atoms. The van der Waals surface area contributed by atoms with E-state index in [2.05, 4.69) is 5.32 Å². The minimum Gasteiger partial charge on any atom is -0.496 e. The van der Waals surface area contributed by atoms with Gasteiger partial charge in [0.25, 0.3) is 0 Å². The van der Waals surface area contributed by atoms with E-state index in [1.54, 1.807) is 7.11 Å². The van der Waals surface area contributed by atoms with E-state index in [4.69, 9.17) is 22.1 Å². The van der Waals surface area contributed by atoms with Crippen LogP contribution in [0.4, 0.5) is 0 Å². The van der Waals surface area contributed by atoms with Crippen LogP contribution in [0.3, 0.4) is 0 Å². The van der Waals surface area contributed by atoms with Crippen molar-refractivity contribution in [2.45, 2.75) is 38.3 Å². The fourth-order valence-corrected chi connectivity index (χ4v) is 2.68. The van der Waals surface area contributed by atoms with Gasteiger partial charge in [0, 0.05) is 22.7 Å². The lowest BCUT2D eigenvalue weighted by atomic mass is 9.92. The van der Waals surface area contributed by atoms with Crippen LogP contribution in [-0.4, -0.2) is 19.7 Å². The Bertz CT molecular complexity index is 417. The second kappa shape index (κ2) is 5.91. The summed E-state index contributed by atoms with van der Waals surface area (Å²) in [6.07, 6.45) is 3.57. The lowest BCUT2D eigenvalue weighted by Gasteiger charge is -2.30. The van der Waals surface area contributed by atoms with Crippen LogP contribution in [0.2, 0.25) is 5.02 Å². The molecule has 1 aliphatic rings. The third-order valence-electron chi connectivity index (χ3n) is 3.65. The van der Waals surface area contributed by atoms with Crippen LogP contribution in [0.5, 0.6) is 5.75 Å². The van der Waals surface area contributed by atoms with Gasteiger partial charge in [-0.2, -0.15) is 0 Å². The second-order valence-electron chi connectivity index (χ2n) is 4.93. The first kappa shape index (κ1) is 13.7. The highest BCUT2D eigenvalue weighted by molar-refractivity contribution is 6.31. The summed E-state index contributed by atoms with van der Waals surface area (Å²) in [6, 6.07) is 4.14. The Labute approximate surface area is 114 Å². The maximum absolute atomic E-state index is 6.36. The summed E-state index contributed by atoms with van der Waals surface area (Å²) < 4.78 is 5.43.